The van der Waals surface area contributed by atoms with Crippen LogP contribution in [0.25, 0.3) is 0 Å². The van der Waals surface area contributed by atoms with Gasteiger partial charge in [-0.3, -0.25) is 9.10 Å². The monoisotopic (exact) mass is 357 g/mol. The minimum atomic E-state index is -3.25. The van der Waals surface area contributed by atoms with E-state index < -0.39 is 10.0 Å². The molecular formula is C15H20ClN3O3S. The Bertz CT molecular complexity index is 723. The van der Waals surface area contributed by atoms with Crippen LogP contribution in [0.15, 0.2) is 18.2 Å². The number of carbonyl (C=O) groups is 1. The van der Waals surface area contributed by atoms with Gasteiger partial charge in [-0.1, -0.05) is 11.6 Å². The number of hydrogen-bond donors (Lipinski definition) is 1. The molecule has 0 aliphatic carbocycles. The number of rotatable bonds is 2. The third-order valence-corrected chi connectivity index (χ3v) is 6.41. The van der Waals surface area contributed by atoms with Crippen molar-refractivity contribution in [2.75, 3.05) is 36.2 Å². The van der Waals surface area contributed by atoms with Gasteiger partial charge in [0, 0.05) is 32.2 Å². The molecule has 0 aromatic heterocycles. The van der Waals surface area contributed by atoms with Crippen LogP contribution in [0.4, 0.5) is 5.69 Å². The van der Waals surface area contributed by atoms with Gasteiger partial charge in [0.1, 0.15) is 0 Å². The van der Waals surface area contributed by atoms with E-state index in [4.69, 9.17) is 11.6 Å². The van der Waals surface area contributed by atoms with Crippen LogP contribution in [0, 0.1) is 0 Å². The molecule has 2 fully saturated rings. The molecule has 2 saturated heterocycles. The zero-order valence-electron chi connectivity index (χ0n) is 13.0. The van der Waals surface area contributed by atoms with Crippen molar-refractivity contribution in [3.05, 3.63) is 28.8 Å². The zero-order valence-corrected chi connectivity index (χ0v) is 14.5. The predicted molar refractivity (Wildman–Crippen MR) is 90.6 cm³/mol. The second-order valence-electron chi connectivity index (χ2n) is 6.01. The smallest absolute Gasteiger partial charge is 0.255 e. The van der Waals surface area contributed by atoms with Crippen LogP contribution in [0.5, 0.6) is 0 Å². The Balaban J connectivity index is 1.83. The second kappa shape index (κ2) is 6.30. The first-order valence-corrected chi connectivity index (χ1v) is 9.70. The number of sulfonamides is 1. The van der Waals surface area contributed by atoms with Gasteiger partial charge in [0.15, 0.2) is 0 Å². The summed E-state index contributed by atoms with van der Waals surface area (Å²) in [6.45, 7) is 4.53. The van der Waals surface area contributed by atoms with Gasteiger partial charge in [-0.05, 0) is 31.5 Å². The summed E-state index contributed by atoms with van der Waals surface area (Å²) >= 11 is 6.27. The molecule has 0 saturated carbocycles. The van der Waals surface area contributed by atoms with E-state index in [0.29, 0.717) is 42.3 Å². The quantitative estimate of drug-likeness (QED) is 0.866. The summed E-state index contributed by atoms with van der Waals surface area (Å²) in [6, 6.07) is 5.11. The number of nitrogens with zero attached hydrogens (tertiary/aromatic N) is 2. The van der Waals surface area contributed by atoms with E-state index in [9.17, 15) is 13.2 Å². The number of carbonyl (C=O) groups excluding carboxylic acids is 1. The second-order valence-corrected chi connectivity index (χ2v) is 8.43. The fourth-order valence-electron chi connectivity index (χ4n) is 3.05. The van der Waals surface area contributed by atoms with Crippen LogP contribution in [0.1, 0.15) is 23.7 Å². The lowest BCUT2D eigenvalue weighted by Gasteiger charge is -2.32. The normalized spacial score (nSPS) is 24.0. The maximum absolute atomic E-state index is 12.6. The zero-order chi connectivity index (χ0) is 16.6. The summed E-state index contributed by atoms with van der Waals surface area (Å²) in [7, 11) is -3.25. The van der Waals surface area contributed by atoms with Crippen molar-refractivity contribution in [3.63, 3.8) is 0 Å². The highest BCUT2D eigenvalue weighted by molar-refractivity contribution is 7.93. The van der Waals surface area contributed by atoms with Crippen molar-refractivity contribution >= 4 is 33.2 Å². The molecule has 1 N–H and O–H groups in total. The van der Waals surface area contributed by atoms with Crippen LogP contribution in [-0.4, -0.2) is 57.2 Å². The minimum absolute atomic E-state index is 0.112. The summed E-state index contributed by atoms with van der Waals surface area (Å²) in [5.74, 6) is 0.0448. The first-order valence-electron chi connectivity index (χ1n) is 7.71. The molecule has 6 nitrogen and oxygen atoms in total. The number of halogens is 1. The number of amides is 1. The largest absolute Gasteiger partial charge is 0.336 e. The Labute approximate surface area is 141 Å². The van der Waals surface area contributed by atoms with E-state index in [0.717, 1.165) is 6.54 Å². The number of benzene rings is 1. The van der Waals surface area contributed by atoms with Gasteiger partial charge in [-0.2, -0.15) is 0 Å². The average Bonchev–Trinajstić information content (AvgIpc) is 2.86. The third-order valence-electron chi connectivity index (χ3n) is 4.23. The molecule has 1 unspecified atom stereocenters. The molecule has 126 valence electrons. The lowest BCUT2D eigenvalue weighted by atomic mass is 10.1. The summed E-state index contributed by atoms with van der Waals surface area (Å²) in [5.41, 5.74) is 0.943. The van der Waals surface area contributed by atoms with Crippen LogP contribution in [0.2, 0.25) is 5.02 Å². The van der Waals surface area contributed by atoms with E-state index in [1.54, 1.807) is 23.1 Å². The van der Waals surface area contributed by atoms with Gasteiger partial charge in [0.25, 0.3) is 5.91 Å². The lowest BCUT2D eigenvalue weighted by Crippen LogP contribution is -2.51. The predicted octanol–water partition coefficient (Wildman–Crippen LogP) is 1.31. The van der Waals surface area contributed by atoms with Crippen molar-refractivity contribution in [2.45, 2.75) is 19.4 Å². The van der Waals surface area contributed by atoms with Gasteiger partial charge >= 0.3 is 0 Å². The van der Waals surface area contributed by atoms with Crippen molar-refractivity contribution in [3.8, 4) is 0 Å². The Hall–Kier alpha value is -1.31. The number of piperazine rings is 1. The van der Waals surface area contributed by atoms with E-state index in [1.807, 2.05) is 6.92 Å². The molecule has 1 aromatic rings. The summed E-state index contributed by atoms with van der Waals surface area (Å²) < 4.78 is 25.3. The fraction of sp³-hybridized carbons (Fsp3) is 0.533. The van der Waals surface area contributed by atoms with Crippen LogP contribution in [0.3, 0.4) is 0 Å². The molecule has 1 amide bonds. The number of hydrogen-bond acceptors (Lipinski definition) is 4. The highest BCUT2D eigenvalue weighted by atomic mass is 35.5. The lowest BCUT2D eigenvalue weighted by molar-refractivity contribution is 0.0709. The Morgan fingerprint density at radius 2 is 2.13 bits per heavy atom. The molecule has 0 bridgehead atoms. The summed E-state index contributed by atoms with van der Waals surface area (Å²) in [5, 5.41) is 3.58. The van der Waals surface area contributed by atoms with Gasteiger partial charge in [-0.25, -0.2) is 8.42 Å². The van der Waals surface area contributed by atoms with Crippen LogP contribution >= 0.6 is 11.6 Å². The third kappa shape index (κ3) is 3.32. The molecule has 8 heteroatoms. The maximum Gasteiger partial charge on any atom is 0.255 e. The van der Waals surface area contributed by atoms with Crippen molar-refractivity contribution in [2.24, 2.45) is 0 Å². The van der Waals surface area contributed by atoms with Crippen molar-refractivity contribution in [1.82, 2.24) is 10.2 Å². The van der Waals surface area contributed by atoms with Crippen LogP contribution in [-0.2, 0) is 10.0 Å². The minimum Gasteiger partial charge on any atom is -0.336 e. The van der Waals surface area contributed by atoms with Crippen molar-refractivity contribution < 1.29 is 13.2 Å². The first kappa shape index (κ1) is 16.5. The molecule has 3 rings (SSSR count). The van der Waals surface area contributed by atoms with Gasteiger partial charge in [0.05, 0.1) is 22.0 Å². The maximum atomic E-state index is 12.6. The van der Waals surface area contributed by atoms with Gasteiger partial charge < -0.3 is 10.2 Å². The summed E-state index contributed by atoms with van der Waals surface area (Å²) in [6.07, 6.45) is 0.610. The van der Waals surface area contributed by atoms with Gasteiger partial charge in [0.2, 0.25) is 10.0 Å². The standard InChI is InChI=1S/C15H20ClN3O3S/c1-11-10-18(7-5-17-11)15(20)13-4-3-12(9-14(13)16)19-6-2-8-23(19,21)22/h3-4,9,11,17H,2,5-8,10H2,1H3. The summed E-state index contributed by atoms with van der Waals surface area (Å²) in [4.78, 5) is 14.4. The van der Waals surface area contributed by atoms with Crippen molar-refractivity contribution in [1.29, 1.82) is 0 Å². The Morgan fingerprint density at radius 1 is 1.35 bits per heavy atom. The number of anilines is 1. The highest BCUT2D eigenvalue weighted by Crippen LogP contribution is 2.29. The molecule has 1 aromatic carbocycles. The first-order chi connectivity index (χ1) is 10.9. The van der Waals surface area contributed by atoms with E-state index in [-0.39, 0.29) is 17.7 Å². The molecule has 2 aliphatic rings. The van der Waals surface area contributed by atoms with E-state index in [1.165, 1.54) is 4.31 Å². The molecule has 0 radical (unpaired) electrons. The average molecular weight is 358 g/mol. The highest BCUT2D eigenvalue weighted by Gasteiger charge is 2.29. The molecule has 1 atom stereocenters. The Morgan fingerprint density at radius 3 is 2.74 bits per heavy atom. The molecule has 2 heterocycles. The molecule has 23 heavy (non-hydrogen) atoms. The molecular weight excluding hydrogens is 338 g/mol. The number of nitrogens with one attached hydrogen (secondary N) is 1. The topological polar surface area (TPSA) is 69.7 Å². The van der Waals surface area contributed by atoms with Gasteiger partial charge in [-0.15, -0.1) is 0 Å². The van der Waals surface area contributed by atoms with E-state index >= 15 is 0 Å². The molecule has 0 spiro atoms. The SMILES string of the molecule is CC1CN(C(=O)c2ccc(N3CCCS3(=O)=O)cc2Cl)CCN1. The van der Waals surface area contributed by atoms with E-state index in [2.05, 4.69) is 5.32 Å². The van der Waals surface area contributed by atoms with Crippen LogP contribution < -0.4 is 9.62 Å². The molecule has 2 aliphatic heterocycles. The Kier molecular flexibility index (Phi) is 4.53. The fourth-order valence-corrected chi connectivity index (χ4v) is 4.86.